The Morgan fingerprint density at radius 2 is 1.90 bits per heavy atom. The zero-order chi connectivity index (χ0) is 22.1. The smallest absolute Gasteiger partial charge is 0.410 e. The van der Waals surface area contributed by atoms with E-state index >= 15 is 0 Å². The van der Waals surface area contributed by atoms with E-state index in [2.05, 4.69) is 19.9 Å². The Hall–Kier alpha value is -2.90. The van der Waals surface area contributed by atoms with Crippen molar-refractivity contribution in [1.29, 1.82) is 0 Å². The largest absolute Gasteiger partial charge is 0.444 e. The lowest BCUT2D eigenvalue weighted by molar-refractivity contribution is 0.0201. The number of hydrogen-bond acceptors (Lipinski definition) is 6. The highest BCUT2D eigenvalue weighted by Crippen LogP contribution is 2.23. The molecule has 1 aliphatic rings. The van der Waals surface area contributed by atoms with Crippen LogP contribution in [0.1, 0.15) is 44.9 Å². The summed E-state index contributed by atoms with van der Waals surface area (Å²) < 4.78 is 5.47. The van der Waals surface area contributed by atoms with Crippen LogP contribution in [0.5, 0.6) is 0 Å². The molecule has 162 valence electrons. The Labute approximate surface area is 177 Å². The summed E-state index contributed by atoms with van der Waals surface area (Å²) in [6.45, 7) is 10.8. The molecule has 8 nitrogen and oxygen atoms in total. The summed E-state index contributed by atoms with van der Waals surface area (Å²) in [5, 5.41) is 0. The zero-order valence-electron chi connectivity index (χ0n) is 18.7. The van der Waals surface area contributed by atoms with Gasteiger partial charge in [0, 0.05) is 49.2 Å². The first-order valence-electron chi connectivity index (χ1n) is 10.3. The minimum atomic E-state index is -0.493. The third-order valence-electron chi connectivity index (χ3n) is 5.43. The van der Waals surface area contributed by atoms with Gasteiger partial charge in [-0.25, -0.2) is 14.8 Å². The van der Waals surface area contributed by atoms with Crippen molar-refractivity contribution in [2.75, 3.05) is 25.0 Å². The molecule has 0 saturated carbocycles. The lowest BCUT2D eigenvalue weighted by Gasteiger charge is -2.37. The van der Waals surface area contributed by atoms with E-state index in [0.29, 0.717) is 17.1 Å². The average Bonchev–Trinajstić information content (AvgIpc) is 2.70. The van der Waals surface area contributed by atoms with Gasteiger partial charge in [0.1, 0.15) is 17.2 Å². The molecule has 0 aromatic carbocycles. The first-order chi connectivity index (χ1) is 14.0. The fourth-order valence-electron chi connectivity index (χ4n) is 3.46. The number of aromatic amines is 1. The first-order valence-corrected chi connectivity index (χ1v) is 10.3. The van der Waals surface area contributed by atoms with Crippen LogP contribution < -0.4 is 10.5 Å². The van der Waals surface area contributed by atoms with Gasteiger partial charge in [-0.15, -0.1) is 0 Å². The minimum Gasteiger partial charge on any atom is -0.444 e. The van der Waals surface area contributed by atoms with Gasteiger partial charge in [0.05, 0.1) is 0 Å². The molecule has 0 radical (unpaired) electrons. The van der Waals surface area contributed by atoms with E-state index in [-0.39, 0.29) is 17.7 Å². The van der Waals surface area contributed by atoms with Gasteiger partial charge in [0.15, 0.2) is 0 Å². The van der Waals surface area contributed by atoms with E-state index in [4.69, 9.17) is 4.74 Å². The average molecular weight is 414 g/mol. The Morgan fingerprint density at radius 3 is 2.43 bits per heavy atom. The number of rotatable bonds is 3. The van der Waals surface area contributed by atoms with Crippen molar-refractivity contribution in [1.82, 2.24) is 19.9 Å². The number of aromatic nitrogens is 3. The number of carbonyl (C=O) groups is 1. The third kappa shape index (κ3) is 4.98. The molecule has 3 heterocycles. The molecule has 1 amide bonds. The van der Waals surface area contributed by atoms with Crippen molar-refractivity contribution in [3.8, 4) is 11.4 Å². The van der Waals surface area contributed by atoms with Gasteiger partial charge in [-0.05, 0) is 59.6 Å². The van der Waals surface area contributed by atoms with Gasteiger partial charge in [0.2, 0.25) is 0 Å². The number of hydrogen-bond donors (Lipinski definition) is 1. The number of pyridine rings is 1. The topological polar surface area (TPSA) is 91.4 Å². The molecule has 1 fully saturated rings. The Bertz CT molecular complexity index is 954. The second-order valence-electron chi connectivity index (χ2n) is 8.84. The van der Waals surface area contributed by atoms with Gasteiger partial charge in [0.25, 0.3) is 5.56 Å². The lowest BCUT2D eigenvalue weighted by Crippen LogP contribution is -2.47. The summed E-state index contributed by atoms with van der Waals surface area (Å²) in [4.78, 5) is 40.1. The van der Waals surface area contributed by atoms with Gasteiger partial charge >= 0.3 is 6.09 Å². The maximum absolute atomic E-state index is 12.3. The third-order valence-corrected chi connectivity index (χ3v) is 5.43. The summed E-state index contributed by atoms with van der Waals surface area (Å²) in [5.41, 5.74) is 1.50. The van der Waals surface area contributed by atoms with Crippen molar-refractivity contribution < 1.29 is 9.53 Å². The summed E-state index contributed by atoms with van der Waals surface area (Å²) in [7, 11) is 1.80. The second-order valence-corrected chi connectivity index (χ2v) is 8.84. The maximum atomic E-state index is 12.3. The molecule has 1 aliphatic heterocycles. The van der Waals surface area contributed by atoms with E-state index in [1.807, 2.05) is 39.8 Å². The van der Waals surface area contributed by atoms with Crippen LogP contribution >= 0.6 is 0 Å². The molecule has 0 spiro atoms. The fourth-order valence-corrected chi connectivity index (χ4v) is 3.46. The highest BCUT2D eigenvalue weighted by atomic mass is 16.6. The molecule has 0 unspecified atom stereocenters. The van der Waals surface area contributed by atoms with Crippen molar-refractivity contribution in [3.05, 3.63) is 39.9 Å². The number of ether oxygens (including phenoxy) is 1. The van der Waals surface area contributed by atoms with Crippen molar-refractivity contribution in [2.24, 2.45) is 0 Å². The molecular formula is C22H31N5O3. The molecule has 1 saturated heterocycles. The van der Waals surface area contributed by atoms with Gasteiger partial charge in [-0.3, -0.25) is 4.79 Å². The van der Waals surface area contributed by atoms with Crippen molar-refractivity contribution >= 4 is 11.9 Å². The normalized spacial score (nSPS) is 15.2. The van der Waals surface area contributed by atoms with Gasteiger partial charge in [-0.1, -0.05) is 0 Å². The van der Waals surface area contributed by atoms with Crippen LogP contribution in [0.15, 0.2) is 23.1 Å². The summed E-state index contributed by atoms with van der Waals surface area (Å²) in [6.07, 6.45) is 3.16. The number of aryl methyl sites for hydroxylation is 1. The van der Waals surface area contributed by atoms with E-state index < -0.39 is 5.60 Å². The van der Waals surface area contributed by atoms with E-state index in [0.717, 1.165) is 37.3 Å². The maximum Gasteiger partial charge on any atom is 0.410 e. The molecule has 2 aromatic rings. The second kappa shape index (κ2) is 8.45. The fraction of sp³-hybridized carbons (Fsp3) is 0.545. The number of anilines is 1. The highest BCUT2D eigenvalue weighted by Gasteiger charge is 2.28. The van der Waals surface area contributed by atoms with Crippen LogP contribution in [-0.2, 0) is 4.74 Å². The van der Waals surface area contributed by atoms with Crippen LogP contribution in [-0.4, -0.2) is 57.7 Å². The van der Waals surface area contributed by atoms with E-state index in [1.54, 1.807) is 25.1 Å². The summed E-state index contributed by atoms with van der Waals surface area (Å²) >= 11 is 0. The Balaban J connectivity index is 1.63. The monoisotopic (exact) mass is 413 g/mol. The van der Waals surface area contributed by atoms with E-state index in [9.17, 15) is 9.59 Å². The number of H-pyrrole nitrogens is 1. The SMILES string of the molecule is Cc1nc(-c2ccc(N3CCC(N(C)C(=O)OC(C)(C)C)CC3)nc2)[nH]c(=O)c1C. The molecule has 0 bridgehead atoms. The molecule has 8 heteroatoms. The number of piperidine rings is 1. The molecule has 2 aromatic heterocycles. The highest BCUT2D eigenvalue weighted by molar-refractivity contribution is 5.68. The Morgan fingerprint density at radius 1 is 1.23 bits per heavy atom. The number of nitrogens with one attached hydrogen (secondary N) is 1. The Kier molecular flexibility index (Phi) is 6.14. The number of nitrogens with zero attached hydrogens (tertiary/aromatic N) is 4. The summed E-state index contributed by atoms with van der Waals surface area (Å²) in [5.74, 6) is 1.41. The standard InChI is InChI=1S/C22H31N5O3/c1-14-15(2)24-19(25-20(14)28)16-7-8-18(23-13-16)27-11-9-17(10-12-27)26(6)21(29)30-22(3,4)5/h7-8,13,17H,9-12H2,1-6H3,(H,24,25,28). The van der Waals surface area contributed by atoms with Gasteiger partial charge in [-0.2, -0.15) is 0 Å². The molecule has 3 rings (SSSR count). The predicted octanol–water partition coefficient (Wildman–Crippen LogP) is 3.28. The first kappa shape index (κ1) is 21.8. The number of carbonyl (C=O) groups excluding carboxylic acids is 1. The molecule has 30 heavy (non-hydrogen) atoms. The predicted molar refractivity (Wildman–Crippen MR) is 117 cm³/mol. The van der Waals surface area contributed by atoms with Crippen LogP contribution in [0.4, 0.5) is 10.6 Å². The molecular weight excluding hydrogens is 382 g/mol. The molecule has 0 atom stereocenters. The molecule has 0 aliphatic carbocycles. The zero-order valence-corrected chi connectivity index (χ0v) is 18.7. The lowest BCUT2D eigenvalue weighted by atomic mass is 10.0. The summed E-state index contributed by atoms with van der Waals surface area (Å²) in [6, 6.07) is 4.02. The van der Waals surface area contributed by atoms with Crippen molar-refractivity contribution in [2.45, 2.75) is 59.1 Å². The van der Waals surface area contributed by atoms with Crippen LogP contribution in [0, 0.1) is 13.8 Å². The van der Waals surface area contributed by atoms with Crippen LogP contribution in [0.2, 0.25) is 0 Å². The van der Waals surface area contributed by atoms with Crippen molar-refractivity contribution in [3.63, 3.8) is 0 Å². The van der Waals surface area contributed by atoms with Gasteiger partial charge < -0.3 is 19.5 Å². The van der Waals surface area contributed by atoms with Crippen LogP contribution in [0.3, 0.4) is 0 Å². The quantitative estimate of drug-likeness (QED) is 0.830. The van der Waals surface area contributed by atoms with E-state index in [1.165, 1.54) is 0 Å². The molecule has 1 N–H and O–H groups in total. The van der Waals surface area contributed by atoms with Crippen LogP contribution in [0.25, 0.3) is 11.4 Å². The number of amides is 1. The minimum absolute atomic E-state index is 0.127.